The van der Waals surface area contributed by atoms with E-state index in [9.17, 15) is 19.7 Å². The van der Waals surface area contributed by atoms with Crippen LogP contribution in [0.4, 0.5) is 11.4 Å². The van der Waals surface area contributed by atoms with E-state index in [4.69, 9.17) is 4.42 Å². The van der Waals surface area contributed by atoms with Crippen LogP contribution < -0.4 is 4.90 Å². The van der Waals surface area contributed by atoms with Crippen molar-refractivity contribution in [3.05, 3.63) is 58.5 Å². The van der Waals surface area contributed by atoms with Crippen LogP contribution in [0.25, 0.3) is 0 Å². The molecule has 9 nitrogen and oxygen atoms in total. The molecule has 2 aromatic rings. The predicted molar refractivity (Wildman–Crippen MR) is 111 cm³/mol. The predicted octanol–water partition coefficient (Wildman–Crippen LogP) is 2.78. The van der Waals surface area contributed by atoms with Gasteiger partial charge in [0, 0.05) is 63.0 Å². The normalized spacial score (nSPS) is 14.1. The van der Waals surface area contributed by atoms with Gasteiger partial charge in [-0.3, -0.25) is 19.7 Å². The molecule has 1 aliphatic rings. The molecule has 0 radical (unpaired) electrons. The highest BCUT2D eigenvalue weighted by Gasteiger charge is 2.24. The van der Waals surface area contributed by atoms with Gasteiger partial charge in [0.05, 0.1) is 16.7 Å². The first-order chi connectivity index (χ1) is 14.4. The summed E-state index contributed by atoms with van der Waals surface area (Å²) in [6.45, 7) is 6.66. The first-order valence-corrected chi connectivity index (χ1v) is 9.97. The molecule has 2 amide bonds. The van der Waals surface area contributed by atoms with Gasteiger partial charge in [0.2, 0.25) is 5.91 Å². The molecule has 3 rings (SSSR count). The molecule has 1 aliphatic heterocycles. The first-order valence-electron chi connectivity index (χ1n) is 9.97. The van der Waals surface area contributed by atoms with Crippen molar-refractivity contribution in [3.63, 3.8) is 0 Å². The molecule has 0 unspecified atom stereocenters. The van der Waals surface area contributed by atoms with E-state index >= 15 is 0 Å². The summed E-state index contributed by atoms with van der Waals surface area (Å²) >= 11 is 0. The monoisotopic (exact) mass is 414 g/mol. The van der Waals surface area contributed by atoms with E-state index in [1.807, 2.05) is 18.7 Å². The standard InChI is InChI=1S/C21H26N4O5/c1-16(2)24(21(27)17-8-14-30-15-17)9-7-20(26)23-12-10-22(11-13-23)18-3-5-19(6-4-18)25(28)29/h3-6,8,14-16H,7,9-13H2,1-2H3. The summed E-state index contributed by atoms with van der Waals surface area (Å²) in [5.41, 5.74) is 1.45. The Balaban J connectivity index is 1.51. The summed E-state index contributed by atoms with van der Waals surface area (Å²) in [6, 6.07) is 8.04. The van der Waals surface area contributed by atoms with Crippen molar-refractivity contribution < 1.29 is 18.9 Å². The summed E-state index contributed by atoms with van der Waals surface area (Å²) in [6.07, 6.45) is 3.14. The fourth-order valence-electron chi connectivity index (χ4n) is 3.52. The zero-order valence-corrected chi connectivity index (χ0v) is 17.2. The number of non-ortho nitro benzene ring substituents is 1. The second-order valence-electron chi connectivity index (χ2n) is 7.50. The fourth-order valence-corrected chi connectivity index (χ4v) is 3.52. The minimum atomic E-state index is -0.419. The number of nitro groups is 1. The Morgan fingerprint density at radius 3 is 2.33 bits per heavy atom. The number of amides is 2. The zero-order chi connectivity index (χ0) is 21.7. The number of rotatable bonds is 7. The number of hydrogen-bond acceptors (Lipinski definition) is 6. The van der Waals surface area contributed by atoms with E-state index in [-0.39, 0.29) is 30.0 Å². The van der Waals surface area contributed by atoms with Gasteiger partial charge in [0.1, 0.15) is 6.26 Å². The maximum atomic E-state index is 12.7. The molecule has 0 spiro atoms. The van der Waals surface area contributed by atoms with Crippen molar-refractivity contribution in [1.29, 1.82) is 0 Å². The fraction of sp³-hybridized carbons (Fsp3) is 0.429. The van der Waals surface area contributed by atoms with Crippen molar-refractivity contribution in [2.75, 3.05) is 37.6 Å². The summed E-state index contributed by atoms with van der Waals surface area (Å²) in [7, 11) is 0. The number of hydrogen-bond donors (Lipinski definition) is 0. The Morgan fingerprint density at radius 2 is 1.80 bits per heavy atom. The number of carbonyl (C=O) groups excluding carboxylic acids is 2. The van der Waals surface area contributed by atoms with Gasteiger partial charge in [-0.2, -0.15) is 0 Å². The Bertz CT molecular complexity index is 871. The quantitative estimate of drug-likeness (QED) is 0.510. The van der Waals surface area contributed by atoms with Gasteiger partial charge in [-0.1, -0.05) is 0 Å². The lowest BCUT2D eigenvalue weighted by Gasteiger charge is -2.36. The molecular formula is C21H26N4O5. The van der Waals surface area contributed by atoms with Crippen LogP contribution in [0.2, 0.25) is 0 Å². The van der Waals surface area contributed by atoms with Crippen molar-refractivity contribution in [2.24, 2.45) is 0 Å². The average molecular weight is 414 g/mol. The third kappa shape index (κ3) is 4.97. The minimum absolute atomic E-state index is 0.0176. The van der Waals surface area contributed by atoms with E-state index in [2.05, 4.69) is 4.90 Å². The lowest BCUT2D eigenvalue weighted by atomic mass is 10.2. The Morgan fingerprint density at radius 1 is 1.13 bits per heavy atom. The highest BCUT2D eigenvalue weighted by Crippen LogP contribution is 2.21. The van der Waals surface area contributed by atoms with E-state index in [1.54, 1.807) is 23.1 Å². The van der Waals surface area contributed by atoms with E-state index < -0.39 is 4.92 Å². The molecule has 9 heteroatoms. The Kier molecular flexibility index (Phi) is 6.71. The number of piperazine rings is 1. The maximum Gasteiger partial charge on any atom is 0.269 e. The van der Waals surface area contributed by atoms with Crippen LogP contribution in [0.15, 0.2) is 47.3 Å². The topological polar surface area (TPSA) is 100 Å². The first kappa shape index (κ1) is 21.4. The molecule has 1 aromatic heterocycles. The van der Waals surface area contributed by atoms with E-state index in [1.165, 1.54) is 24.7 Å². The number of carbonyl (C=O) groups is 2. The number of nitro benzene ring substituents is 1. The summed E-state index contributed by atoms with van der Waals surface area (Å²) < 4.78 is 4.99. The van der Waals surface area contributed by atoms with Gasteiger partial charge in [-0.25, -0.2) is 0 Å². The van der Waals surface area contributed by atoms with Crippen LogP contribution in [0.3, 0.4) is 0 Å². The summed E-state index contributed by atoms with van der Waals surface area (Å²) in [5.74, 6) is -0.126. The number of benzene rings is 1. The number of anilines is 1. The van der Waals surface area contributed by atoms with Crippen LogP contribution in [-0.2, 0) is 4.79 Å². The molecule has 0 atom stereocenters. The largest absolute Gasteiger partial charge is 0.472 e. The molecule has 160 valence electrons. The molecule has 0 N–H and O–H groups in total. The summed E-state index contributed by atoms with van der Waals surface area (Å²) in [4.78, 5) is 41.2. The number of furan rings is 1. The molecular weight excluding hydrogens is 388 g/mol. The molecule has 0 bridgehead atoms. The average Bonchev–Trinajstić information content (AvgIpc) is 3.28. The van der Waals surface area contributed by atoms with Crippen molar-refractivity contribution in [3.8, 4) is 0 Å². The van der Waals surface area contributed by atoms with Crippen LogP contribution in [0.5, 0.6) is 0 Å². The second-order valence-corrected chi connectivity index (χ2v) is 7.50. The highest BCUT2D eigenvalue weighted by molar-refractivity contribution is 5.94. The second kappa shape index (κ2) is 9.43. The van der Waals surface area contributed by atoms with Crippen molar-refractivity contribution in [1.82, 2.24) is 9.80 Å². The molecule has 30 heavy (non-hydrogen) atoms. The number of nitrogens with zero attached hydrogens (tertiary/aromatic N) is 4. The molecule has 1 fully saturated rings. The van der Waals surface area contributed by atoms with Crippen LogP contribution in [0, 0.1) is 10.1 Å². The van der Waals surface area contributed by atoms with Gasteiger partial charge in [0.15, 0.2) is 0 Å². The van der Waals surface area contributed by atoms with Crippen LogP contribution in [-0.4, -0.2) is 65.3 Å². The van der Waals surface area contributed by atoms with Crippen molar-refractivity contribution in [2.45, 2.75) is 26.3 Å². The minimum Gasteiger partial charge on any atom is -0.472 e. The van der Waals surface area contributed by atoms with Gasteiger partial charge < -0.3 is 19.1 Å². The third-order valence-electron chi connectivity index (χ3n) is 5.28. The van der Waals surface area contributed by atoms with Gasteiger partial charge in [-0.05, 0) is 32.0 Å². The van der Waals surface area contributed by atoms with E-state index in [0.717, 1.165) is 5.69 Å². The third-order valence-corrected chi connectivity index (χ3v) is 5.28. The Labute approximate surface area is 175 Å². The molecule has 0 saturated carbocycles. The van der Waals surface area contributed by atoms with Crippen molar-refractivity contribution >= 4 is 23.2 Å². The van der Waals surface area contributed by atoms with Gasteiger partial charge >= 0.3 is 0 Å². The zero-order valence-electron chi connectivity index (χ0n) is 17.2. The molecule has 2 heterocycles. The lowest BCUT2D eigenvalue weighted by molar-refractivity contribution is -0.384. The highest BCUT2D eigenvalue weighted by atomic mass is 16.6. The molecule has 1 saturated heterocycles. The molecule has 0 aliphatic carbocycles. The lowest BCUT2D eigenvalue weighted by Crippen LogP contribution is -2.49. The smallest absolute Gasteiger partial charge is 0.269 e. The SMILES string of the molecule is CC(C)N(CCC(=O)N1CCN(c2ccc([N+](=O)[O-])cc2)CC1)C(=O)c1ccoc1. The van der Waals surface area contributed by atoms with Crippen LogP contribution in [0.1, 0.15) is 30.6 Å². The van der Waals surface area contributed by atoms with E-state index in [0.29, 0.717) is 38.3 Å². The van der Waals surface area contributed by atoms with Crippen LogP contribution >= 0.6 is 0 Å². The summed E-state index contributed by atoms with van der Waals surface area (Å²) in [5, 5.41) is 10.8. The van der Waals surface area contributed by atoms with Gasteiger partial charge in [-0.15, -0.1) is 0 Å². The van der Waals surface area contributed by atoms with Gasteiger partial charge in [0.25, 0.3) is 11.6 Å². The Hall–Kier alpha value is -3.36. The molecule has 1 aromatic carbocycles. The maximum absolute atomic E-state index is 12.7.